The fourth-order valence-electron chi connectivity index (χ4n) is 6.03. The fourth-order valence-corrected chi connectivity index (χ4v) is 6.77. The zero-order valence-corrected chi connectivity index (χ0v) is 28.2. The van der Waals surface area contributed by atoms with E-state index in [-0.39, 0.29) is 12.5 Å². The Morgan fingerprint density at radius 3 is 2.18 bits per heavy atom. The van der Waals surface area contributed by atoms with Crippen molar-refractivity contribution < 1.29 is 22.8 Å². The van der Waals surface area contributed by atoms with Crippen LogP contribution in [0.25, 0.3) is 17.3 Å². The summed E-state index contributed by atoms with van der Waals surface area (Å²) in [5, 5.41) is 2.06. The molecule has 256 valence electrons. The van der Waals surface area contributed by atoms with Crippen LogP contribution in [-0.2, 0) is 35.3 Å². The topological polar surface area (TPSA) is 56.8 Å². The van der Waals surface area contributed by atoms with E-state index in [0.717, 1.165) is 54.2 Å². The van der Waals surface area contributed by atoms with Crippen molar-refractivity contribution in [3.05, 3.63) is 154 Å². The number of nitrogens with zero attached hydrogens (tertiary/aromatic N) is 4. The molecule has 2 aromatic heterocycles. The van der Waals surface area contributed by atoms with Crippen molar-refractivity contribution in [2.75, 3.05) is 26.2 Å². The molecule has 0 radical (unpaired) electrons. The standard InChI is InChI=1S/C40H37F3N4O2S/c41-40(42,43)34-18-13-30(14-19-34)15-20-38(48)47(28-32-11-16-33(17-12-32)36-10-4-5-21-44-36)37(27-31-7-2-1-3-8-31)39(49)46-24-22-45(23-25-46)29-35-9-6-26-50-35/h1-21,26,37H,22-25,27-29H2/b20-15+/t37-/m0/s1. The van der Waals surface area contributed by atoms with E-state index >= 15 is 0 Å². The molecule has 6 rings (SSSR count). The molecule has 1 saturated heterocycles. The fraction of sp³-hybridized carbons (Fsp3) is 0.225. The number of rotatable bonds is 11. The summed E-state index contributed by atoms with van der Waals surface area (Å²) in [5.41, 5.74) is 3.16. The molecule has 0 aliphatic carbocycles. The van der Waals surface area contributed by atoms with Gasteiger partial charge in [-0.25, -0.2) is 0 Å². The number of alkyl halides is 3. The predicted molar refractivity (Wildman–Crippen MR) is 191 cm³/mol. The van der Waals surface area contributed by atoms with Gasteiger partial charge in [-0.2, -0.15) is 13.2 Å². The van der Waals surface area contributed by atoms with Crippen molar-refractivity contribution in [2.45, 2.75) is 31.7 Å². The molecule has 5 aromatic rings. The first-order valence-corrected chi connectivity index (χ1v) is 17.3. The van der Waals surface area contributed by atoms with Gasteiger partial charge in [0.05, 0.1) is 11.3 Å². The van der Waals surface area contributed by atoms with Crippen LogP contribution in [0.3, 0.4) is 0 Å². The minimum Gasteiger partial charge on any atom is -0.338 e. The quantitative estimate of drug-likeness (QED) is 0.132. The van der Waals surface area contributed by atoms with Crippen LogP contribution in [-0.4, -0.2) is 63.7 Å². The first-order valence-electron chi connectivity index (χ1n) is 16.5. The number of thiophene rings is 1. The molecule has 0 bridgehead atoms. The highest BCUT2D eigenvalue weighted by Crippen LogP contribution is 2.29. The number of halogens is 3. The summed E-state index contributed by atoms with van der Waals surface area (Å²) in [6.07, 6.45) is 0.416. The van der Waals surface area contributed by atoms with Gasteiger partial charge in [0.15, 0.2) is 0 Å². The van der Waals surface area contributed by atoms with Crippen LogP contribution in [0.1, 0.15) is 27.1 Å². The summed E-state index contributed by atoms with van der Waals surface area (Å²) in [5.74, 6) is -0.546. The summed E-state index contributed by atoms with van der Waals surface area (Å²) in [6.45, 7) is 3.51. The third-order valence-electron chi connectivity index (χ3n) is 8.78. The minimum atomic E-state index is -4.46. The molecule has 1 atom stereocenters. The number of piperazine rings is 1. The Balaban J connectivity index is 1.28. The molecule has 1 aliphatic heterocycles. The van der Waals surface area contributed by atoms with E-state index in [0.29, 0.717) is 25.1 Å². The summed E-state index contributed by atoms with van der Waals surface area (Å²) in [4.78, 5) is 40.1. The first kappa shape index (κ1) is 34.8. The van der Waals surface area contributed by atoms with Crippen molar-refractivity contribution >= 4 is 29.2 Å². The zero-order chi connectivity index (χ0) is 34.9. The lowest BCUT2D eigenvalue weighted by atomic mass is 10.0. The highest BCUT2D eigenvalue weighted by atomic mass is 32.1. The molecule has 0 N–H and O–H groups in total. The van der Waals surface area contributed by atoms with E-state index in [1.165, 1.54) is 29.2 Å². The smallest absolute Gasteiger partial charge is 0.338 e. The number of hydrogen-bond acceptors (Lipinski definition) is 5. The average Bonchev–Trinajstić information content (AvgIpc) is 3.66. The van der Waals surface area contributed by atoms with Gasteiger partial charge < -0.3 is 9.80 Å². The molecule has 0 unspecified atom stereocenters. The largest absolute Gasteiger partial charge is 0.416 e. The third kappa shape index (κ3) is 9.13. The SMILES string of the molecule is O=C([C@H](Cc1ccccc1)N(Cc1ccc(-c2ccccn2)cc1)C(=O)/C=C/c1ccc(C(F)(F)F)cc1)N1CCN(Cc2cccs2)CC1. The Morgan fingerprint density at radius 2 is 1.54 bits per heavy atom. The van der Waals surface area contributed by atoms with Gasteiger partial charge >= 0.3 is 6.18 Å². The maximum atomic E-state index is 14.5. The first-order chi connectivity index (χ1) is 24.2. The van der Waals surface area contributed by atoms with Crippen LogP contribution in [0.5, 0.6) is 0 Å². The second-order valence-electron chi connectivity index (χ2n) is 12.2. The molecule has 50 heavy (non-hydrogen) atoms. The van der Waals surface area contributed by atoms with E-state index < -0.39 is 23.7 Å². The van der Waals surface area contributed by atoms with Gasteiger partial charge in [0.25, 0.3) is 0 Å². The second kappa shape index (κ2) is 16.1. The molecule has 0 saturated carbocycles. The highest BCUT2D eigenvalue weighted by molar-refractivity contribution is 7.09. The number of aromatic nitrogens is 1. The van der Waals surface area contributed by atoms with E-state index in [1.807, 2.05) is 83.8 Å². The summed E-state index contributed by atoms with van der Waals surface area (Å²) < 4.78 is 39.5. The van der Waals surface area contributed by atoms with Crippen LogP contribution in [0, 0.1) is 0 Å². The second-order valence-corrected chi connectivity index (χ2v) is 13.2. The van der Waals surface area contributed by atoms with Gasteiger partial charge in [-0.1, -0.05) is 78.9 Å². The molecular formula is C40H37F3N4O2S. The number of amides is 2. The molecule has 6 nitrogen and oxygen atoms in total. The predicted octanol–water partition coefficient (Wildman–Crippen LogP) is 7.83. The maximum absolute atomic E-state index is 14.5. The van der Waals surface area contributed by atoms with Crippen molar-refractivity contribution in [3.8, 4) is 11.3 Å². The Morgan fingerprint density at radius 1 is 0.820 bits per heavy atom. The number of hydrogen-bond donors (Lipinski definition) is 0. The molecule has 1 aliphatic rings. The molecule has 3 aromatic carbocycles. The van der Waals surface area contributed by atoms with Crippen molar-refractivity contribution in [3.63, 3.8) is 0 Å². The average molecular weight is 695 g/mol. The lowest BCUT2D eigenvalue weighted by Gasteiger charge is -2.39. The van der Waals surface area contributed by atoms with Gasteiger partial charge in [0.1, 0.15) is 6.04 Å². The molecule has 10 heteroatoms. The van der Waals surface area contributed by atoms with Crippen LogP contribution < -0.4 is 0 Å². The van der Waals surface area contributed by atoms with Crippen molar-refractivity contribution in [1.82, 2.24) is 19.7 Å². The molecule has 1 fully saturated rings. The number of pyridine rings is 1. The lowest BCUT2D eigenvalue weighted by molar-refractivity contribution is -0.145. The minimum absolute atomic E-state index is 0.133. The summed E-state index contributed by atoms with van der Waals surface area (Å²) >= 11 is 1.72. The van der Waals surface area contributed by atoms with Crippen LogP contribution in [0.4, 0.5) is 13.2 Å². The summed E-state index contributed by atoms with van der Waals surface area (Å²) in [7, 11) is 0. The number of benzene rings is 3. The highest BCUT2D eigenvalue weighted by Gasteiger charge is 2.34. The van der Waals surface area contributed by atoms with Crippen molar-refractivity contribution in [2.24, 2.45) is 0 Å². The van der Waals surface area contributed by atoms with Gasteiger partial charge in [0, 0.05) is 68.4 Å². The number of carbonyl (C=O) groups excluding carboxylic acids is 2. The Labute approximate surface area is 294 Å². The van der Waals surface area contributed by atoms with Crippen LogP contribution in [0.2, 0.25) is 0 Å². The Kier molecular flexibility index (Phi) is 11.2. The van der Waals surface area contributed by atoms with E-state index in [9.17, 15) is 22.8 Å². The van der Waals surface area contributed by atoms with E-state index in [1.54, 1.807) is 22.4 Å². The number of carbonyl (C=O) groups is 2. The zero-order valence-electron chi connectivity index (χ0n) is 27.4. The van der Waals surface area contributed by atoms with Gasteiger partial charge in [-0.3, -0.25) is 19.5 Å². The third-order valence-corrected chi connectivity index (χ3v) is 9.64. The Bertz CT molecular complexity index is 1860. The molecular weight excluding hydrogens is 658 g/mol. The lowest BCUT2D eigenvalue weighted by Crippen LogP contribution is -2.56. The van der Waals surface area contributed by atoms with Crippen LogP contribution in [0.15, 0.2) is 127 Å². The van der Waals surface area contributed by atoms with Gasteiger partial charge in [-0.15, -0.1) is 11.3 Å². The normalized spacial score (nSPS) is 14.5. The van der Waals surface area contributed by atoms with Gasteiger partial charge in [-0.05, 0) is 58.5 Å². The van der Waals surface area contributed by atoms with Crippen LogP contribution >= 0.6 is 11.3 Å². The van der Waals surface area contributed by atoms with E-state index in [4.69, 9.17) is 0 Å². The maximum Gasteiger partial charge on any atom is 0.416 e. The van der Waals surface area contributed by atoms with Gasteiger partial charge in [0.2, 0.25) is 11.8 Å². The molecule has 2 amide bonds. The summed E-state index contributed by atoms with van der Waals surface area (Å²) in [6, 6.07) is 31.0. The van der Waals surface area contributed by atoms with Crippen molar-refractivity contribution in [1.29, 1.82) is 0 Å². The monoisotopic (exact) mass is 694 g/mol. The molecule has 3 heterocycles. The molecule has 0 spiro atoms. The Hall–Kier alpha value is -5.06. The van der Waals surface area contributed by atoms with E-state index in [2.05, 4.69) is 21.3 Å².